The minimum atomic E-state index is 0.356. The molecule has 2 aliphatic heterocycles. The molecule has 2 aromatic rings. The Bertz CT molecular complexity index is 686. The molecule has 4 nitrogen and oxygen atoms in total. The molecule has 2 aliphatic rings. The van der Waals surface area contributed by atoms with Crippen LogP contribution in [0, 0.1) is 13.8 Å². The molecule has 0 spiro atoms. The second-order valence-electron chi connectivity index (χ2n) is 6.24. The summed E-state index contributed by atoms with van der Waals surface area (Å²) >= 11 is 0. The van der Waals surface area contributed by atoms with Crippen LogP contribution >= 0.6 is 0 Å². The lowest BCUT2D eigenvalue weighted by molar-refractivity contribution is 0.481. The van der Waals surface area contributed by atoms with Crippen molar-refractivity contribution in [1.82, 2.24) is 9.78 Å². The molecule has 0 bridgehead atoms. The van der Waals surface area contributed by atoms with Crippen LogP contribution in [0.25, 0.3) is 0 Å². The van der Waals surface area contributed by atoms with Gasteiger partial charge in [-0.2, -0.15) is 5.10 Å². The van der Waals surface area contributed by atoms with E-state index >= 15 is 0 Å². The highest BCUT2D eigenvalue weighted by Gasteiger charge is 2.29. The van der Waals surface area contributed by atoms with Gasteiger partial charge < -0.3 is 10.6 Å². The first kappa shape index (κ1) is 12.7. The fourth-order valence-electron chi connectivity index (χ4n) is 3.67. The third-order valence-electron chi connectivity index (χ3n) is 4.69. The molecule has 0 amide bonds. The largest absolute Gasteiger partial charge is 0.370 e. The Balaban J connectivity index is 1.81. The van der Waals surface area contributed by atoms with Crippen molar-refractivity contribution in [2.75, 3.05) is 23.7 Å². The van der Waals surface area contributed by atoms with Gasteiger partial charge in [0.2, 0.25) is 0 Å². The van der Waals surface area contributed by atoms with Crippen LogP contribution in [0.4, 0.5) is 11.6 Å². The number of hydrogen-bond donors (Lipinski definition) is 2. The maximum atomic E-state index is 4.86. The summed E-state index contributed by atoms with van der Waals surface area (Å²) in [5, 5.41) is 11.9. The normalized spacial score (nSPS) is 20.2. The Morgan fingerprint density at radius 3 is 2.95 bits per heavy atom. The van der Waals surface area contributed by atoms with E-state index < -0.39 is 0 Å². The third-order valence-corrected chi connectivity index (χ3v) is 4.69. The molecule has 4 rings (SSSR count). The highest BCUT2D eigenvalue weighted by atomic mass is 15.4. The average molecular weight is 282 g/mol. The standard InChI is InChI=1S/C17H22N4/c1-11-5-6-13(12(2)10-11)15-7-9-19-17-14-4-3-8-18-16(14)20-21(15)17/h5-6,10,15,19H,3-4,7-9H2,1-2H3,(H,18,20). The quantitative estimate of drug-likeness (QED) is 0.843. The van der Waals surface area contributed by atoms with E-state index in [2.05, 4.69) is 47.4 Å². The monoisotopic (exact) mass is 282 g/mol. The Labute approximate surface area is 125 Å². The first-order valence-corrected chi connectivity index (χ1v) is 7.90. The van der Waals surface area contributed by atoms with E-state index in [9.17, 15) is 0 Å². The van der Waals surface area contributed by atoms with Gasteiger partial charge in [-0.25, -0.2) is 4.68 Å². The van der Waals surface area contributed by atoms with Gasteiger partial charge >= 0.3 is 0 Å². The molecular weight excluding hydrogens is 260 g/mol. The zero-order chi connectivity index (χ0) is 14.4. The van der Waals surface area contributed by atoms with Gasteiger partial charge in [0.15, 0.2) is 5.82 Å². The lowest BCUT2D eigenvalue weighted by atomic mass is 9.96. The van der Waals surface area contributed by atoms with Crippen LogP contribution in [0.2, 0.25) is 0 Å². The van der Waals surface area contributed by atoms with Crippen LogP contribution in [0.15, 0.2) is 18.2 Å². The van der Waals surface area contributed by atoms with Crippen molar-refractivity contribution in [1.29, 1.82) is 0 Å². The molecule has 21 heavy (non-hydrogen) atoms. The minimum absolute atomic E-state index is 0.356. The second kappa shape index (κ2) is 4.79. The van der Waals surface area contributed by atoms with E-state index in [4.69, 9.17) is 5.10 Å². The number of rotatable bonds is 1. The van der Waals surface area contributed by atoms with Crippen molar-refractivity contribution in [2.24, 2.45) is 0 Å². The average Bonchev–Trinajstić information content (AvgIpc) is 2.86. The number of hydrogen-bond acceptors (Lipinski definition) is 3. The van der Waals surface area contributed by atoms with Gasteiger partial charge in [0.05, 0.1) is 6.04 Å². The predicted octanol–water partition coefficient (Wildman–Crippen LogP) is 3.26. The Morgan fingerprint density at radius 1 is 1.19 bits per heavy atom. The summed E-state index contributed by atoms with van der Waals surface area (Å²) in [5.74, 6) is 2.31. The summed E-state index contributed by atoms with van der Waals surface area (Å²) < 4.78 is 2.21. The third kappa shape index (κ3) is 2.01. The summed E-state index contributed by atoms with van der Waals surface area (Å²) in [5.41, 5.74) is 5.47. The molecule has 0 saturated carbocycles. The Kier molecular flexibility index (Phi) is 2.91. The number of anilines is 2. The maximum Gasteiger partial charge on any atom is 0.153 e. The van der Waals surface area contributed by atoms with E-state index in [1.54, 1.807) is 0 Å². The highest BCUT2D eigenvalue weighted by Crippen LogP contribution is 2.37. The van der Waals surface area contributed by atoms with Crippen molar-refractivity contribution in [3.8, 4) is 0 Å². The van der Waals surface area contributed by atoms with Crippen molar-refractivity contribution in [2.45, 2.75) is 39.2 Å². The molecule has 0 fully saturated rings. The topological polar surface area (TPSA) is 41.9 Å². The molecule has 4 heteroatoms. The van der Waals surface area contributed by atoms with Crippen LogP contribution in [0.1, 0.15) is 41.1 Å². The van der Waals surface area contributed by atoms with Crippen molar-refractivity contribution < 1.29 is 0 Å². The first-order chi connectivity index (χ1) is 10.2. The van der Waals surface area contributed by atoms with Crippen LogP contribution in [-0.4, -0.2) is 22.9 Å². The van der Waals surface area contributed by atoms with Crippen LogP contribution in [-0.2, 0) is 6.42 Å². The molecular formula is C17H22N4. The molecule has 0 saturated heterocycles. The minimum Gasteiger partial charge on any atom is -0.370 e. The molecule has 2 N–H and O–H groups in total. The van der Waals surface area contributed by atoms with Gasteiger partial charge in [0.25, 0.3) is 0 Å². The Hall–Kier alpha value is -1.97. The second-order valence-corrected chi connectivity index (χ2v) is 6.24. The predicted molar refractivity (Wildman–Crippen MR) is 86.2 cm³/mol. The fraction of sp³-hybridized carbons (Fsp3) is 0.471. The van der Waals surface area contributed by atoms with E-state index in [1.807, 2.05) is 0 Å². The van der Waals surface area contributed by atoms with E-state index in [0.29, 0.717) is 6.04 Å². The van der Waals surface area contributed by atoms with Gasteiger partial charge in [-0.1, -0.05) is 23.8 Å². The number of benzene rings is 1. The number of nitrogens with zero attached hydrogens (tertiary/aromatic N) is 2. The van der Waals surface area contributed by atoms with Crippen LogP contribution in [0.3, 0.4) is 0 Å². The van der Waals surface area contributed by atoms with Crippen molar-refractivity contribution in [3.63, 3.8) is 0 Å². The summed E-state index contributed by atoms with van der Waals surface area (Å²) in [4.78, 5) is 0. The number of aryl methyl sites for hydroxylation is 2. The number of nitrogens with one attached hydrogen (secondary N) is 2. The molecule has 1 atom stereocenters. The smallest absolute Gasteiger partial charge is 0.153 e. The SMILES string of the molecule is Cc1ccc(C2CCNc3c4c(nn32)NCCC4)c(C)c1. The molecule has 1 unspecified atom stereocenters. The van der Waals surface area contributed by atoms with Crippen LogP contribution in [0.5, 0.6) is 0 Å². The Morgan fingerprint density at radius 2 is 2.10 bits per heavy atom. The molecule has 0 radical (unpaired) electrons. The fourth-order valence-corrected chi connectivity index (χ4v) is 3.67. The molecule has 1 aromatic heterocycles. The zero-order valence-electron chi connectivity index (χ0n) is 12.7. The zero-order valence-corrected chi connectivity index (χ0v) is 12.7. The first-order valence-electron chi connectivity index (χ1n) is 7.90. The van der Waals surface area contributed by atoms with Crippen molar-refractivity contribution in [3.05, 3.63) is 40.5 Å². The van der Waals surface area contributed by atoms with Gasteiger partial charge in [-0.3, -0.25) is 0 Å². The van der Waals surface area contributed by atoms with Gasteiger partial charge in [0.1, 0.15) is 5.82 Å². The van der Waals surface area contributed by atoms with E-state index in [-0.39, 0.29) is 0 Å². The lowest BCUT2D eigenvalue weighted by Gasteiger charge is -2.28. The van der Waals surface area contributed by atoms with Gasteiger partial charge in [0, 0.05) is 18.7 Å². The molecule has 3 heterocycles. The summed E-state index contributed by atoms with van der Waals surface area (Å²) in [6.45, 7) is 6.43. The van der Waals surface area contributed by atoms with E-state index in [1.165, 1.54) is 34.5 Å². The van der Waals surface area contributed by atoms with Crippen LogP contribution < -0.4 is 10.6 Å². The van der Waals surface area contributed by atoms with E-state index in [0.717, 1.165) is 31.7 Å². The van der Waals surface area contributed by atoms with Crippen molar-refractivity contribution >= 4 is 11.6 Å². The molecule has 1 aromatic carbocycles. The lowest BCUT2D eigenvalue weighted by Crippen LogP contribution is -2.25. The summed E-state index contributed by atoms with van der Waals surface area (Å²) in [6.07, 6.45) is 3.42. The highest BCUT2D eigenvalue weighted by molar-refractivity contribution is 5.62. The summed E-state index contributed by atoms with van der Waals surface area (Å²) in [7, 11) is 0. The molecule has 0 aliphatic carbocycles. The van der Waals surface area contributed by atoms with Gasteiger partial charge in [-0.05, 0) is 44.2 Å². The number of fused-ring (bicyclic) bond motifs is 3. The number of aromatic nitrogens is 2. The summed E-state index contributed by atoms with van der Waals surface area (Å²) in [6, 6.07) is 7.12. The maximum absolute atomic E-state index is 4.86. The van der Waals surface area contributed by atoms with Gasteiger partial charge in [-0.15, -0.1) is 0 Å². The molecule has 110 valence electrons.